The number of aldehydes is 1. The molecule has 0 spiro atoms. The largest absolute Gasteiger partial charge is 0.492 e. The van der Waals surface area contributed by atoms with E-state index in [1.165, 1.54) is 6.07 Å². The number of halogens is 1. The molecule has 0 atom stereocenters. The summed E-state index contributed by atoms with van der Waals surface area (Å²) in [7, 11) is 0. The zero-order valence-corrected chi connectivity index (χ0v) is 13.5. The zero-order chi connectivity index (χ0) is 16.8. The smallest absolute Gasteiger partial charge is 0.153 e. The van der Waals surface area contributed by atoms with E-state index in [1.807, 2.05) is 24.3 Å². The Bertz CT molecular complexity index is 685. The Morgan fingerprint density at radius 1 is 1.04 bits per heavy atom. The van der Waals surface area contributed by atoms with Crippen molar-refractivity contribution in [3.8, 4) is 5.75 Å². The number of rotatable bonds is 6. The van der Waals surface area contributed by atoms with Gasteiger partial charge in [-0.25, -0.2) is 4.39 Å². The Morgan fingerprint density at radius 3 is 2.58 bits per heavy atom. The van der Waals surface area contributed by atoms with Crippen LogP contribution in [0, 0.1) is 5.82 Å². The average molecular weight is 328 g/mol. The molecule has 0 N–H and O–H groups in total. The number of carbonyl (C=O) groups is 1. The monoisotopic (exact) mass is 328 g/mol. The van der Waals surface area contributed by atoms with Crippen LogP contribution in [0.15, 0.2) is 48.5 Å². The van der Waals surface area contributed by atoms with Gasteiger partial charge < -0.3 is 9.64 Å². The third-order valence-electron chi connectivity index (χ3n) is 4.26. The standard InChI is InChI=1S/C19H21FN2O2/c20-17-5-3-6-18(14-17)22-10-8-21(9-11-22)12-13-24-19-7-2-1-4-16(19)15-23/h1-7,14-15H,8-13H2. The lowest BCUT2D eigenvalue weighted by molar-refractivity contribution is 0.111. The second kappa shape index (κ2) is 7.93. The lowest BCUT2D eigenvalue weighted by Gasteiger charge is -2.36. The van der Waals surface area contributed by atoms with Crippen LogP contribution in [0.4, 0.5) is 10.1 Å². The third-order valence-corrected chi connectivity index (χ3v) is 4.26. The van der Waals surface area contributed by atoms with Crippen molar-refractivity contribution in [3.63, 3.8) is 0 Å². The molecule has 1 heterocycles. The first-order chi connectivity index (χ1) is 11.8. The number of hydrogen-bond donors (Lipinski definition) is 0. The molecule has 2 aromatic carbocycles. The summed E-state index contributed by atoms with van der Waals surface area (Å²) in [4.78, 5) is 15.5. The van der Waals surface area contributed by atoms with E-state index in [0.717, 1.165) is 44.7 Å². The molecule has 0 amide bonds. The zero-order valence-electron chi connectivity index (χ0n) is 13.5. The van der Waals surface area contributed by atoms with Gasteiger partial charge in [-0.2, -0.15) is 0 Å². The highest BCUT2D eigenvalue weighted by Crippen LogP contribution is 2.18. The molecular formula is C19H21FN2O2. The molecule has 1 aliphatic heterocycles. The summed E-state index contributed by atoms with van der Waals surface area (Å²) in [5.41, 5.74) is 1.51. The highest BCUT2D eigenvalue weighted by molar-refractivity contribution is 5.79. The summed E-state index contributed by atoms with van der Waals surface area (Å²) in [5, 5.41) is 0. The summed E-state index contributed by atoms with van der Waals surface area (Å²) in [6.45, 7) is 4.92. The Labute approximate surface area is 141 Å². The molecule has 1 aliphatic rings. The van der Waals surface area contributed by atoms with Gasteiger partial charge >= 0.3 is 0 Å². The van der Waals surface area contributed by atoms with Gasteiger partial charge in [0.05, 0.1) is 5.56 Å². The summed E-state index contributed by atoms with van der Waals surface area (Å²) < 4.78 is 19.0. The van der Waals surface area contributed by atoms with Crippen molar-refractivity contribution in [1.29, 1.82) is 0 Å². The minimum Gasteiger partial charge on any atom is -0.492 e. The quantitative estimate of drug-likeness (QED) is 0.764. The Balaban J connectivity index is 1.45. The van der Waals surface area contributed by atoms with Gasteiger partial charge in [-0.1, -0.05) is 18.2 Å². The molecule has 1 fully saturated rings. The van der Waals surface area contributed by atoms with Crippen LogP contribution in [0.2, 0.25) is 0 Å². The Kier molecular flexibility index (Phi) is 5.43. The summed E-state index contributed by atoms with van der Waals surface area (Å²) in [6.07, 6.45) is 0.813. The number of hydrogen-bond acceptors (Lipinski definition) is 4. The van der Waals surface area contributed by atoms with Crippen molar-refractivity contribution >= 4 is 12.0 Å². The van der Waals surface area contributed by atoms with Crippen molar-refractivity contribution in [2.45, 2.75) is 0 Å². The highest BCUT2D eigenvalue weighted by atomic mass is 19.1. The topological polar surface area (TPSA) is 32.8 Å². The number of ether oxygens (including phenoxy) is 1. The molecule has 0 saturated carbocycles. The van der Waals surface area contributed by atoms with Crippen LogP contribution in [0.1, 0.15) is 10.4 Å². The minimum absolute atomic E-state index is 0.197. The number of piperazine rings is 1. The van der Waals surface area contributed by atoms with Crippen LogP contribution in [0.3, 0.4) is 0 Å². The Morgan fingerprint density at radius 2 is 1.83 bits per heavy atom. The molecular weight excluding hydrogens is 307 g/mol. The lowest BCUT2D eigenvalue weighted by atomic mass is 10.2. The first kappa shape index (κ1) is 16.5. The predicted molar refractivity (Wildman–Crippen MR) is 92.4 cm³/mol. The van der Waals surface area contributed by atoms with Crippen molar-refractivity contribution in [3.05, 3.63) is 59.9 Å². The second-order valence-electron chi connectivity index (χ2n) is 5.81. The van der Waals surface area contributed by atoms with E-state index in [1.54, 1.807) is 18.2 Å². The summed E-state index contributed by atoms with van der Waals surface area (Å²) in [6, 6.07) is 14.0. The molecule has 1 saturated heterocycles. The van der Waals surface area contributed by atoms with E-state index in [9.17, 15) is 9.18 Å². The molecule has 5 heteroatoms. The molecule has 0 aromatic heterocycles. The second-order valence-corrected chi connectivity index (χ2v) is 5.81. The maximum atomic E-state index is 13.3. The van der Waals surface area contributed by atoms with E-state index in [2.05, 4.69) is 9.80 Å². The molecule has 4 nitrogen and oxygen atoms in total. The van der Waals surface area contributed by atoms with Gasteiger partial charge in [-0.3, -0.25) is 9.69 Å². The van der Waals surface area contributed by atoms with Gasteiger partial charge in [0.15, 0.2) is 6.29 Å². The van der Waals surface area contributed by atoms with Gasteiger partial charge in [0.2, 0.25) is 0 Å². The van der Waals surface area contributed by atoms with Crippen LogP contribution in [0.25, 0.3) is 0 Å². The minimum atomic E-state index is -0.197. The maximum absolute atomic E-state index is 13.3. The summed E-state index contributed by atoms with van der Waals surface area (Å²) in [5.74, 6) is 0.433. The first-order valence-corrected chi connectivity index (χ1v) is 8.16. The van der Waals surface area contributed by atoms with Crippen molar-refractivity contribution in [1.82, 2.24) is 4.90 Å². The number of anilines is 1. The van der Waals surface area contributed by atoms with Gasteiger partial charge in [0, 0.05) is 38.4 Å². The molecule has 0 aliphatic carbocycles. The Hall–Kier alpha value is -2.40. The SMILES string of the molecule is O=Cc1ccccc1OCCN1CCN(c2cccc(F)c2)CC1. The van der Waals surface area contributed by atoms with Crippen LogP contribution >= 0.6 is 0 Å². The predicted octanol–water partition coefficient (Wildman–Crippen LogP) is 2.84. The number of para-hydroxylation sites is 1. The van der Waals surface area contributed by atoms with Crippen LogP contribution in [-0.2, 0) is 0 Å². The van der Waals surface area contributed by atoms with Gasteiger partial charge in [-0.05, 0) is 30.3 Å². The molecule has 0 radical (unpaired) electrons. The molecule has 2 aromatic rings. The van der Waals surface area contributed by atoms with E-state index >= 15 is 0 Å². The van der Waals surface area contributed by atoms with Crippen LogP contribution in [-0.4, -0.2) is 50.5 Å². The van der Waals surface area contributed by atoms with Crippen molar-refractivity contribution in [2.75, 3.05) is 44.2 Å². The van der Waals surface area contributed by atoms with Crippen molar-refractivity contribution in [2.24, 2.45) is 0 Å². The summed E-state index contributed by atoms with van der Waals surface area (Å²) >= 11 is 0. The third kappa shape index (κ3) is 4.11. The van der Waals surface area contributed by atoms with E-state index < -0.39 is 0 Å². The fraction of sp³-hybridized carbons (Fsp3) is 0.316. The van der Waals surface area contributed by atoms with Gasteiger partial charge in [0.25, 0.3) is 0 Å². The molecule has 24 heavy (non-hydrogen) atoms. The van der Waals surface area contributed by atoms with Gasteiger partial charge in [0.1, 0.15) is 18.2 Å². The normalized spacial score (nSPS) is 15.3. The van der Waals surface area contributed by atoms with Gasteiger partial charge in [-0.15, -0.1) is 0 Å². The van der Waals surface area contributed by atoms with E-state index in [0.29, 0.717) is 17.9 Å². The van der Waals surface area contributed by atoms with Crippen LogP contribution in [0.5, 0.6) is 5.75 Å². The van der Waals surface area contributed by atoms with E-state index in [-0.39, 0.29) is 5.82 Å². The molecule has 3 rings (SSSR count). The fourth-order valence-corrected chi connectivity index (χ4v) is 2.90. The highest BCUT2D eigenvalue weighted by Gasteiger charge is 2.17. The van der Waals surface area contributed by atoms with E-state index in [4.69, 9.17) is 4.74 Å². The fourth-order valence-electron chi connectivity index (χ4n) is 2.90. The molecule has 0 bridgehead atoms. The average Bonchev–Trinajstić information content (AvgIpc) is 2.63. The van der Waals surface area contributed by atoms with Crippen LogP contribution < -0.4 is 9.64 Å². The number of nitrogens with zero attached hydrogens (tertiary/aromatic N) is 2. The first-order valence-electron chi connectivity index (χ1n) is 8.16. The number of benzene rings is 2. The lowest BCUT2D eigenvalue weighted by Crippen LogP contribution is -2.47. The molecule has 126 valence electrons. The van der Waals surface area contributed by atoms with Crippen molar-refractivity contribution < 1.29 is 13.9 Å². The number of carbonyl (C=O) groups excluding carboxylic acids is 1. The molecule has 0 unspecified atom stereocenters. The maximum Gasteiger partial charge on any atom is 0.153 e.